The van der Waals surface area contributed by atoms with Crippen LogP contribution in [0.5, 0.6) is 0 Å². The monoisotopic (exact) mass is 367 g/mol. The SMILES string of the molecule is Nc1cc2c(cc1Cl)-c1ccccc1C2(c1ccccc1)c1ccccc1. The Hall–Kier alpha value is -3.03. The molecule has 0 saturated carbocycles. The summed E-state index contributed by atoms with van der Waals surface area (Å²) in [5.41, 5.74) is 13.7. The smallest absolute Gasteiger partial charge is 0.0714 e. The first-order chi connectivity index (χ1) is 13.2. The van der Waals surface area contributed by atoms with Crippen molar-refractivity contribution in [2.75, 3.05) is 5.73 Å². The quantitative estimate of drug-likeness (QED) is 0.365. The molecule has 0 aromatic heterocycles. The van der Waals surface area contributed by atoms with Gasteiger partial charge in [0.2, 0.25) is 0 Å². The number of rotatable bonds is 2. The van der Waals surface area contributed by atoms with Gasteiger partial charge in [-0.25, -0.2) is 0 Å². The first kappa shape index (κ1) is 16.2. The van der Waals surface area contributed by atoms with E-state index in [1.54, 1.807) is 0 Å². The van der Waals surface area contributed by atoms with Crippen molar-refractivity contribution in [1.82, 2.24) is 0 Å². The Balaban J connectivity index is 1.99. The van der Waals surface area contributed by atoms with Gasteiger partial charge in [0, 0.05) is 0 Å². The fourth-order valence-corrected chi connectivity index (χ4v) is 4.64. The van der Waals surface area contributed by atoms with Gasteiger partial charge in [0.25, 0.3) is 0 Å². The second-order valence-electron chi connectivity index (χ2n) is 6.95. The first-order valence-corrected chi connectivity index (χ1v) is 9.41. The van der Waals surface area contributed by atoms with E-state index in [1.807, 2.05) is 6.07 Å². The Morgan fingerprint density at radius 1 is 0.593 bits per heavy atom. The third kappa shape index (κ3) is 2.19. The molecule has 130 valence electrons. The van der Waals surface area contributed by atoms with Gasteiger partial charge in [-0.05, 0) is 45.5 Å². The predicted molar refractivity (Wildman–Crippen MR) is 113 cm³/mol. The average Bonchev–Trinajstić information content (AvgIpc) is 3.00. The molecule has 0 amide bonds. The van der Waals surface area contributed by atoms with Crippen LogP contribution in [0.3, 0.4) is 0 Å². The molecule has 4 aromatic rings. The summed E-state index contributed by atoms with van der Waals surface area (Å²) in [6.45, 7) is 0. The van der Waals surface area contributed by atoms with E-state index in [2.05, 4.69) is 91.0 Å². The highest BCUT2D eigenvalue weighted by atomic mass is 35.5. The van der Waals surface area contributed by atoms with Crippen LogP contribution in [-0.2, 0) is 5.41 Å². The van der Waals surface area contributed by atoms with Crippen molar-refractivity contribution in [1.29, 1.82) is 0 Å². The Kier molecular flexibility index (Phi) is 3.60. The molecule has 0 saturated heterocycles. The van der Waals surface area contributed by atoms with Crippen LogP contribution in [0.4, 0.5) is 5.69 Å². The molecule has 1 nitrogen and oxygen atoms in total. The van der Waals surface area contributed by atoms with Crippen LogP contribution in [0.1, 0.15) is 22.3 Å². The van der Waals surface area contributed by atoms with Gasteiger partial charge in [-0.3, -0.25) is 0 Å². The number of halogens is 1. The molecule has 0 fully saturated rings. The van der Waals surface area contributed by atoms with Crippen molar-refractivity contribution < 1.29 is 0 Å². The third-order valence-corrected chi connectivity index (χ3v) is 5.90. The van der Waals surface area contributed by atoms with Gasteiger partial charge >= 0.3 is 0 Å². The highest BCUT2D eigenvalue weighted by Gasteiger charge is 2.46. The second-order valence-corrected chi connectivity index (χ2v) is 7.35. The number of hydrogen-bond donors (Lipinski definition) is 1. The van der Waals surface area contributed by atoms with Crippen molar-refractivity contribution in [2.24, 2.45) is 0 Å². The van der Waals surface area contributed by atoms with E-state index in [0.29, 0.717) is 10.7 Å². The van der Waals surface area contributed by atoms with Crippen LogP contribution in [0, 0.1) is 0 Å². The van der Waals surface area contributed by atoms with E-state index >= 15 is 0 Å². The van der Waals surface area contributed by atoms with E-state index < -0.39 is 5.41 Å². The van der Waals surface area contributed by atoms with E-state index in [1.165, 1.54) is 27.8 Å². The molecule has 0 aliphatic heterocycles. The lowest BCUT2D eigenvalue weighted by atomic mass is 9.67. The second kappa shape index (κ2) is 6.00. The summed E-state index contributed by atoms with van der Waals surface area (Å²) >= 11 is 6.42. The van der Waals surface area contributed by atoms with Crippen molar-refractivity contribution >= 4 is 17.3 Å². The molecule has 5 rings (SSSR count). The molecule has 1 aliphatic rings. The Bertz CT molecular complexity index is 1090. The minimum Gasteiger partial charge on any atom is -0.398 e. The Morgan fingerprint density at radius 3 is 1.78 bits per heavy atom. The zero-order valence-corrected chi connectivity index (χ0v) is 15.4. The molecule has 2 heteroatoms. The van der Waals surface area contributed by atoms with Gasteiger partial charge in [-0.15, -0.1) is 0 Å². The summed E-state index contributed by atoms with van der Waals surface area (Å²) in [6.07, 6.45) is 0. The predicted octanol–water partition coefficient (Wildman–Crippen LogP) is 6.29. The average molecular weight is 368 g/mol. The maximum Gasteiger partial charge on any atom is 0.0714 e. The van der Waals surface area contributed by atoms with E-state index in [0.717, 1.165) is 5.56 Å². The molecule has 1 aliphatic carbocycles. The molecule has 0 bridgehead atoms. The summed E-state index contributed by atoms with van der Waals surface area (Å²) in [5.74, 6) is 0. The normalized spacial score (nSPS) is 13.8. The molecular formula is C25H18ClN. The Labute approximate surface area is 164 Å². The van der Waals surface area contributed by atoms with Crippen LogP contribution in [-0.4, -0.2) is 0 Å². The minimum absolute atomic E-state index is 0.410. The zero-order valence-electron chi connectivity index (χ0n) is 14.7. The minimum atomic E-state index is -0.410. The van der Waals surface area contributed by atoms with Crippen LogP contribution >= 0.6 is 11.6 Å². The van der Waals surface area contributed by atoms with Gasteiger partial charge in [0.05, 0.1) is 16.1 Å². The molecule has 2 N–H and O–H groups in total. The van der Waals surface area contributed by atoms with E-state index in [4.69, 9.17) is 17.3 Å². The summed E-state index contributed by atoms with van der Waals surface area (Å²) in [5, 5.41) is 0.598. The van der Waals surface area contributed by atoms with Crippen molar-refractivity contribution in [3.63, 3.8) is 0 Å². The lowest BCUT2D eigenvalue weighted by Crippen LogP contribution is -2.28. The molecule has 0 heterocycles. The number of anilines is 1. The number of benzene rings is 4. The lowest BCUT2D eigenvalue weighted by Gasteiger charge is -2.34. The fraction of sp³-hybridized carbons (Fsp3) is 0.0400. The molecular weight excluding hydrogens is 350 g/mol. The van der Waals surface area contributed by atoms with Gasteiger partial charge in [-0.2, -0.15) is 0 Å². The van der Waals surface area contributed by atoms with Crippen LogP contribution in [0.15, 0.2) is 97.1 Å². The third-order valence-electron chi connectivity index (χ3n) is 5.58. The van der Waals surface area contributed by atoms with Crippen LogP contribution in [0.2, 0.25) is 5.02 Å². The van der Waals surface area contributed by atoms with E-state index in [-0.39, 0.29) is 0 Å². The van der Waals surface area contributed by atoms with Gasteiger partial charge in [-0.1, -0.05) is 96.5 Å². The first-order valence-electron chi connectivity index (χ1n) is 9.03. The maximum atomic E-state index is 6.42. The number of nitrogen functional groups attached to an aromatic ring is 1. The summed E-state index contributed by atoms with van der Waals surface area (Å²) in [7, 11) is 0. The van der Waals surface area contributed by atoms with Gasteiger partial charge < -0.3 is 5.73 Å². The standard InChI is InChI=1S/C25H18ClN/c26-23-15-20-19-13-7-8-14-21(19)25(22(20)16-24(23)27,17-9-3-1-4-10-17)18-11-5-2-6-12-18/h1-16H,27H2. The molecule has 0 radical (unpaired) electrons. The molecule has 4 aromatic carbocycles. The lowest BCUT2D eigenvalue weighted by molar-refractivity contribution is 0.769. The summed E-state index contributed by atoms with van der Waals surface area (Å²) in [4.78, 5) is 0. The number of nitrogens with two attached hydrogens (primary N) is 1. The van der Waals surface area contributed by atoms with Crippen molar-refractivity contribution in [3.05, 3.63) is 124 Å². The largest absolute Gasteiger partial charge is 0.398 e. The highest BCUT2D eigenvalue weighted by molar-refractivity contribution is 6.33. The van der Waals surface area contributed by atoms with Crippen LogP contribution in [0.25, 0.3) is 11.1 Å². The zero-order chi connectivity index (χ0) is 18.4. The summed E-state index contributed by atoms with van der Waals surface area (Å²) in [6, 6.07) is 33.9. The fourth-order valence-electron chi connectivity index (χ4n) is 4.48. The van der Waals surface area contributed by atoms with Crippen molar-refractivity contribution in [3.8, 4) is 11.1 Å². The molecule has 0 atom stereocenters. The van der Waals surface area contributed by atoms with Gasteiger partial charge in [0.15, 0.2) is 0 Å². The maximum absolute atomic E-state index is 6.42. The number of hydrogen-bond acceptors (Lipinski definition) is 1. The molecule has 0 spiro atoms. The molecule has 0 unspecified atom stereocenters. The van der Waals surface area contributed by atoms with Crippen LogP contribution < -0.4 is 5.73 Å². The molecule has 27 heavy (non-hydrogen) atoms. The number of fused-ring (bicyclic) bond motifs is 3. The van der Waals surface area contributed by atoms with E-state index in [9.17, 15) is 0 Å². The Morgan fingerprint density at radius 2 is 1.15 bits per heavy atom. The highest BCUT2D eigenvalue weighted by Crippen LogP contribution is 2.57. The van der Waals surface area contributed by atoms with Gasteiger partial charge in [0.1, 0.15) is 0 Å². The topological polar surface area (TPSA) is 26.0 Å². The van der Waals surface area contributed by atoms with Crippen molar-refractivity contribution in [2.45, 2.75) is 5.41 Å². The summed E-state index contributed by atoms with van der Waals surface area (Å²) < 4.78 is 0.